The molecule has 0 bridgehead atoms. The number of carbonyl (C=O) groups excluding carboxylic acids is 1. The van der Waals surface area contributed by atoms with E-state index in [9.17, 15) is 4.79 Å². The van der Waals surface area contributed by atoms with E-state index in [2.05, 4.69) is 22.6 Å². The normalized spacial score (nSPS) is 14.4. The minimum absolute atomic E-state index is 0.233. The molecule has 0 aliphatic heterocycles. The Balaban J connectivity index is 2.28. The first-order valence-electron chi connectivity index (χ1n) is 4.36. The third-order valence-corrected chi connectivity index (χ3v) is 3.24. The van der Waals surface area contributed by atoms with Gasteiger partial charge in [0.05, 0.1) is 22.0 Å². The Hall–Kier alpha value is -0.780. The van der Waals surface area contributed by atoms with Crippen LogP contribution in [0.5, 0.6) is 0 Å². The maximum atomic E-state index is 11.5. The van der Waals surface area contributed by atoms with Crippen LogP contribution in [-0.4, -0.2) is 12.6 Å². The fourth-order valence-corrected chi connectivity index (χ4v) is 2.34. The number of rotatable bonds is 2. The lowest BCUT2D eigenvalue weighted by atomic mass is 10.2. The van der Waals surface area contributed by atoms with Gasteiger partial charge < -0.3 is 9.15 Å². The van der Waals surface area contributed by atoms with Crippen LogP contribution in [0.2, 0.25) is 0 Å². The van der Waals surface area contributed by atoms with Gasteiger partial charge in [-0.1, -0.05) is 0 Å². The number of esters is 1. The van der Waals surface area contributed by atoms with Crippen LogP contribution in [0.1, 0.15) is 18.2 Å². The largest absolute Gasteiger partial charge is 0.464 e. The summed E-state index contributed by atoms with van der Waals surface area (Å²) in [6.45, 7) is 2.21. The summed E-state index contributed by atoms with van der Waals surface area (Å²) in [4.78, 5) is 11.5. The molecule has 0 amide bonds. The highest BCUT2D eigenvalue weighted by atomic mass is 127. The Morgan fingerprint density at radius 3 is 3.14 bits per heavy atom. The Kier molecular flexibility index (Phi) is 2.62. The van der Waals surface area contributed by atoms with Crippen LogP contribution in [0.3, 0.4) is 0 Å². The lowest BCUT2D eigenvalue weighted by molar-refractivity contribution is -0.138. The second-order valence-corrected chi connectivity index (χ2v) is 4.04. The van der Waals surface area contributed by atoms with Crippen LogP contribution in [-0.2, 0) is 16.0 Å². The van der Waals surface area contributed by atoms with E-state index in [0.717, 1.165) is 14.9 Å². The average Bonchev–Trinajstić information content (AvgIpc) is 2.69. The zero-order chi connectivity index (χ0) is 10.1. The first kappa shape index (κ1) is 9.76. The molecule has 14 heavy (non-hydrogen) atoms. The van der Waals surface area contributed by atoms with Crippen molar-refractivity contribution in [1.29, 1.82) is 0 Å². The molecule has 0 unspecified atom stereocenters. The molecule has 1 aliphatic carbocycles. The second kappa shape index (κ2) is 3.76. The highest BCUT2D eigenvalue weighted by molar-refractivity contribution is 14.1. The molecule has 0 radical (unpaired) electrons. The fraction of sp³-hybridized carbons (Fsp3) is 0.300. The predicted octanol–water partition coefficient (Wildman–Crippen LogP) is 2.54. The van der Waals surface area contributed by atoms with Crippen molar-refractivity contribution < 1.29 is 13.9 Å². The van der Waals surface area contributed by atoms with E-state index in [0.29, 0.717) is 18.6 Å². The smallest absolute Gasteiger partial charge is 0.335 e. The van der Waals surface area contributed by atoms with E-state index in [1.54, 1.807) is 13.2 Å². The maximum Gasteiger partial charge on any atom is 0.335 e. The molecule has 0 N–H and O–H groups in total. The van der Waals surface area contributed by atoms with Crippen LogP contribution in [0.25, 0.3) is 3.58 Å². The Morgan fingerprint density at radius 2 is 2.50 bits per heavy atom. The van der Waals surface area contributed by atoms with Crippen LogP contribution >= 0.6 is 22.6 Å². The summed E-state index contributed by atoms with van der Waals surface area (Å²) in [6, 6.07) is 1.89. The van der Waals surface area contributed by atoms with Gasteiger partial charge in [-0.25, -0.2) is 4.79 Å². The minimum atomic E-state index is -0.233. The van der Waals surface area contributed by atoms with Crippen molar-refractivity contribution >= 4 is 32.1 Å². The number of fused-ring (bicyclic) bond motifs is 1. The number of hydrogen-bond donors (Lipinski definition) is 0. The Morgan fingerprint density at radius 1 is 1.71 bits per heavy atom. The van der Waals surface area contributed by atoms with Crippen molar-refractivity contribution in [3.05, 3.63) is 29.2 Å². The number of carbonyl (C=O) groups is 1. The van der Waals surface area contributed by atoms with Crippen molar-refractivity contribution in [3.8, 4) is 0 Å². The van der Waals surface area contributed by atoms with Crippen molar-refractivity contribution in [2.75, 3.05) is 6.61 Å². The summed E-state index contributed by atoms with van der Waals surface area (Å²) in [6.07, 6.45) is 2.27. The molecule has 0 atom stereocenters. The number of ether oxygens (including phenoxy) is 1. The van der Waals surface area contributed by atoms with Gasteiger partial charge in [-0.3, -0.25) is 0 Å². The van der Waals surface area contributed by atoms with E-state index in [1.807, 2.05) is 6.07 Å². The van der Waals surface area contributed by atoms with Crippen LogP contribution in [0, 0.1) is 0 Å². The SMILES string of the molecule is CCOC(=O)C1=C(I)c2occc2C1. The quantitative estimate of drug-likeness (QED) is 0.622. The van der Waals surface area contributed by atoms with Crippen LogP contribution < -0.4 is 0 Å². The van der Waals surface area contributed by atoms with E-state index in [4.69, 9.17) is 9.15 Å². The van der Waals surface area contributed by atoms with Crippen LogP contribution in [0.15, 0.2) is 22.3 Å². The van der Waals surface area contributed by atoms with Crippen molar-refractivity contribution in [2.45, 2.75) is 13.3 Å². The molecule has 74 valence electrons. The standard InChI is InChI=1S/C10H9IO3/c1-2-13-10(12)7-5-6-3-4-14-9(6)8(7)11/h3-4H,2,5H2,1H3. The molecule has 1 aromatic heterocycles. The first-order valence-corrected chi connectivity index (χ1v) is 5.44. The molecule has 1 heterocycles. The van der Waals surface area contributed by atoms with Crippen LogP contribution in [0.4, 0.5) is 0 Å². The first-order chi connectivity index (χ1) is 6.74. The molecular formula is C10H9IO3. The van der Waals surface area contributed by atoms with Gasteiger partial charge >= 0.3 is 5.97 Å². The molecule has 0 saturated carbocycles. The Bertz CT molecular complexity index is 403. The van der Waals surface area contributed by atoms with E-state index in [-0.39, 0.29) is 5.97 Å². The van der Waals surface area contributed by atoms with Gasteiger partial charge in [0.15, 0.2) is 0 Å². The topological polar surface area (TPSA) is 39.4 Å². The fourth-order valence-electron chi connectivity index (χ4n) is 1.45. The van der Waals surface area contributed by atoms with Crippen molar-refractivity contribution in [3.63, 3.8) is 0 Å². The highest BCUT2D eigenvalue weighted by Crippen LogP contribution is 2.38. The van der Waals surface area contributed by atoms with Gasteiger partial charge in [-0.15, -0.1) is 0 Å². The molecule has 0 fully saturated rings. The van der Waals surface area contributed by atoms with Gasteiger partial charge in [0.2, 0.25) is 0 Å². The number of furan rings is 1. The summed E-state index contributed by atoms with van der Waals surface area (Å²) in [5.74, 6) is 0.581. The lowest BCUT2D eigenvalue weighted by Gasteiger charge is -2.01. The summed E-state index contributed by atoms with van der Waals surface area (Å²) < 4.78 is 11.1. The molecule has 2 rings (SSSR count). The zero-order valence-corrected chi connectivity index (χ0v) is 9.83. The lowest BCUT2D eigenvalue weighted by Crippen LogP contribution is -2.07. The minimum Gasteiger partial charge on any atom is -0.464 e. The number of halogens is 1. The van der Waals surface area contributed by atoms with E-state index < -0.39 is 0 Å². The second-order valence-electron chi connectivity index (χ2n) is 2.96. The van der Waals surface area contributed by atoms with Crippen molar-refractivity contribution in [2.24, 2.45) is 0 Å². The summed E-state index contributed by atoms with van der Waals surface area (Å²) in [5, 5.41) is 0. The third kappa shape index (κ3) is 1.47. The summed E-state index contributed by atoms with van der Waals surface area (Å²) in [5.41, 5.74) is 1.78. The van der Waals surface area contributed by atoms with Gasteiger partial charge in [-0.05, 0) is 35.6 Å². The molecule has 0 spiro atoms. The molecule has 1 aromatic rings. The average molecular weight is 304 g/mol. The number of hydrogen-bond acceptors (Lipinski definition) is 3. The summed E-state index contributed by atoms with van der Waals surface area (Å²) >= 11 is 2.12. The van der Waals surface area contributed by atoms with E-state index >= 15 is 0 Å². The maximum absolute atomic E-state index is 11.5. The molecule has 4 heteroatoms. The molecule has 3 nitrogen and oxygen atoms in total. The Labute approximate surface area is 95.3 Å². The molecule has 0 saturated heterocycles. The zero-order valence-electron chi connectivity index (χ0n) is 7.67. The van der Waals surface area contributed by atoms with Gasteiger partial charge in [0.25, 0.3) is 0 Å². The summed E-state index contributed by atoms with van der Waals surface area (Å²) in [7, 11) is 0. The predicted molar refractivity (Wildman–Crippen MR) is 60.0 cm³/mol. The van der Waals surface area contributed by atoms with Gasteiger partial charge in [-0.2, -0.15) is 0 Å². The van der Waals surface area contributed by atoms with Crippen molar-refractivity contribution in [1.82, 2.24) is 0 Å². The molecular weight excluding hydrogens is 295 g/mol. The van der Waals surface area contributed by atoms with E-state index in [1.165, 1.54) is 0 Å². The monoisotopic (exact) mass is 304 g/mol. The van der Waals surface area contributed by atoms with Gasteiger partial charge in [0, 0.05) is 12.0 Å². The third-order valence-electron chi connectivity index (χ3n) is 2.10. The molecule has 0 aromatic carbocycles. The molecule has 1 aliphatic rings. The van der Waals surface area contributed by atoms with Gasteiger partial charge in [0.1, 0.15) is 5.76 Å². The highest BCUT2D eigenvalue weighted by Gasteiger charge is 2.27.